The SMILES string of the molecule is CCC(C)c1ccc(CC(=O)OC2CCc3ccccc32)cc1. The molecule has 2 nitrogen and oxygen atoms in total. The number of hydrogen-bond donors (Lipinski definition) is 0. The molecule has 0 radical (unpaired) electrons. The van der Waals surface area contributed by atoms with Gasteiger partial charge < -0.3 is 4.74 Å². The van der Waals surface area contributed by atoms with Gasteiger partial charge in [-0.3, -0.25) is 4.79 Å². The lowest BCUT2D eigenvalue weighted by atomic mass is 9.97. The molecule has 2 heteroatoms. The fraction of sp³-hybridized carbons (Fsp3) is 0.381. The van der Waals surface area contributed by atoms with Gasteiger partial charge in [0.25, 0.3) is 0 Å². The lowest BCUT2D eigenvalue weighted by Crippen LogP contribution is -2.11. The lowest BCUT2D eigenvalue weighted by Gasteiger charge is -2.14. The number of carbonyl (C=O) groups excluding carboxylic acids is 1. The zero-order chi connectivity index (χ0) is 16.2. The Kier molecular flexibility index (Phi) is 4.80. The summed E-state index contributed by atoms with van der Waals surface area (Å²) in [6.07, 6.45) is 3.30. The zero-order valence-corrected chi connectivity index (χ0v) is 13.9. The van der Waals surface area contributed by atoms with E-state index in [1.54, 1.807) is 0 Å². The molecule has 1 aliphatic carbocycles. The molecule has 1 aliphatic rings. The number of aryl methyl sites for hydroxylation is 1. The molecule has 0 bridgehead atoms. The van der Waals surface area contributed by atoms with Crippen LogP contribution in [-0.2, 0) is 22.4 Å². The van der Waals surface area contributed by atoms with Gasteiger partial charge in [0.15, 0.2) is 0 Å². The van der Waals surface area contributed by atoms with Crippen LogP contribution in [0.5, 0.6) is 0 Å². The van der Waals surface area contributed by atoms with E-state index in [0.29, 0.717) is 12.3 Å². The highest BCUT2D eigenvalue weighted by Gasteiger charge is 2.25. The van der Waals surface area contributed by atoms with Crippen molar-refractivity contribution in [2.75, 3.05) is 0 Å². The Morgan fingerprint density at radius 3 is 2.65 bits per heavy atom. The topological polar surface area (TPSA) is 26.3 Å². The number of fused-ring (bicyclic) bond motifs is 1. The van der Waals surface area contributed by atoms with Crippen LogP contribution < -0.4 is 0 Å². The van der Waals surface area contributed by atoms with Crippen LogP contribution in [0.1, 0.15) is 61.0 Å². The summed E-state index contributed by atoms with van der Waals surface area (Å²) in [6, 6.07) is 16.6. The van der Waals surface area contributed by atoms with E-state index in [0.717, 1.165) is 24.8 Å². The molecule has 0 N–H and O–H groups in total. The van der Waals surface area contributed by atoms with Crippen LogP contribution in [-0.4, -0.2) is 5.97 Å². The summed E-state index contributed by atoms with van der Waals surface area (Å²) < 4.78 is 5.70. The number of benzene rings is 2. The first kappa shape index (κ1) is 15.8. The molecule has 3 rings (SSSR count). The summed E-state index contributed by atoms with van der Waals surface area (Å²) in [6.45, 7) is 4.41. The Bertz CT molecular complexity index is 672. The van der Waals surface area contributed by atoms with Crippen molar-refractivity contribution in [1.82, 2.24) is 0 Å². The molecule has 2 atom stereocenters. The van der Waals surface area contributed by atoms with E-state index in [2.05, 4.69) is 38.1 Å². The first-order valence-corrected chi connectivity index (χ1v) is 8.53. The first-order valence-electron chi connectivity index (χ1n) is 8.53. The molecule has 2 aromatic carbocycles. The van der Waals surface area contributed by atoms with E-state index in [-0.39, 0.29) is 12.1 Å². The Hall–Kier alpha value is -2.09. The van der Waals surface area contributed by atoms with E-state index in [1.165, 1.54) is 16.7 Å². The third-order valence-corrected chi connectivity index (χ3v) is 4.86. The first-order chi connectivity index (χ1) is 11.2. The summed E-state index contributed by atoms with van der Waals surface area (Å²) >= 11 is 0. The summed E-state index contributed by atoms with van der Waals surface area (Å²) in [5.41, 5.74) is 4.83. The average molecular weight is 308 g/mol. The molecule has 0 spiro atoms. The Balaban J connectivity index is 1.60. The third-order valence-electron chi connectivity index (χ3n) is 4.86. The van der Waals surface area contributed by atoms with E-state index >= 15 is 0 Å². The van der Waals surface area contributed by atoms with Crippen LogP contribution >= 0.6 is 0 Å². The number of carbonyl (C=O) groups is 1. The molecular weight excluding hydrogens is 284 g/mol. The van der Waals surface area contributed by atoms with Crippen LogP contribution in [0, 0.1) is 0 Å². The molecule has 0 fully saturated rings. The van der Waals surface area contributed by atoms with Gasteiger partial charge in [0.2, 0.25) is 0 Å². The van der Waals surface area contributed by atoms with E-state index in [1.807, 2.05) is 24.3 Å². The number of esters is 1. The van der Waals surface area contributed by atoms with Gasteiger partial charge in [0.1, 0.15) is 6.10 Å². The monoisotopic (exact) mass is 308 g/mol. The van der Waals surface area contributed by atoms with Crippen LogP contribution in [0.2, 0.25) is 0 Å². The van der Waals surface area contributed by atoms with Crippen LogP contribution in [0.4, 0.5) is 0 Å². The van der Waals surface area contributed by atoms with Crippen molar-refractivity contribution in [1.29, 1.82) is 0 Å². The standard InChI is InChI=1S/C21H24O2/c1-3-15(2)17-10-8-16(9-11-17)14-21(22)23-20-13-12-18-6-4-5-7-19(18)20/h4-11,15,20H,3,12-14H2,1-2H3. The van der Waals surface area contributed by atoms with Gasteiger partial charge in [-0.2, -0.15) is 0 Å². The smallest absolute Gasteiger partial charge is 0.310 e. The quantitative estimate of drug-likeness (QED) is 0.729. The molecule has 0 aliphatic heterocycles. The fourth-order valence-corrected chi connectivity index (χ4v) is 3.21. The summed E-state index contributed by atoms with van der Waals surface area (Å²) in [5, 5.41) is 0. The normalized spacial score (nSPS) is 17.6. The lowest BCUT2D eigenvalue weighted by molar-refractivity contribution is -0.148. The van der Waals surface area contributed by atoms with Crippen molar-refractivity contribution in [2.45, 2.75) is 51.6 Å². The maximum Gasteiger partial charge on any atom is 0.310 e. The maximum atomic E-state index is 12.2. The minimum absolute atomic E-state index is 0.0712. The Labute approximate surface area is 138 Å². The van der Waals surface area contributed by atoms with Gasteiger partial charge in [-0.1, -0.05) is 62.4 Å². The highest BCUT2D eigenvalue weighted by molar-refractivity contribution is 5.73. The van der Waals surface area contributed by atoms with E-state index in [9.17, 15) is 4.79 Å². The van der Waals surface area contributed by atoms with Gasteiger partial charge in [0, 0.05) is 0 Å². The predicted octanol–water partition coefficient (Wildman–Crippen LogP) is 4.97. The predicted molar refractivity (Wildman–Crippen MR) is 92.4 cm³/mol. The van der Waals surface area contributed by atoms with Crippen molar-refractivity contribution in [3.8, 4) is 0 Å². The zero-order valence-electron chi connectivity index (χ0n) is 13.9. The molecule has 23 heavy (non-hydrogen) atoms. The number of rotatable bonds is 5. The van der Waals surface area contributed by atoms with Crippen LogP contribution in [0.25, 0.3) is 0 Å². The Morgan fingerprint density at radius 1 is 1.17 bits per heavy atom. The molecule has 0 amide bonds. The molecule has 2 unspecified atom stereocenters. The summed E-state index contributed by atoms with van der Waals surface area (Å²) in [7, 11) is 0. The van der Waals surface area contributed by atoms with Crippen molar-refractivity contribution >= 4 is 5.97 Å². The van der Waals surface area contributed by atoms with Crippen LogP contribution in [0.15, 0.2) is 48.5 Å². The second-order valence-electron chi connectivity index (χ2n) is 6.44. The highest BCUT2D eigenvalue weighted by atomic mass is 16.5. The number of hydrogen-bond acceptors (Lipinski definition) is 2. The maximum absolute atomic E-state index is 12.2. The van der Waals surface area contributed by atoms with Gasteiger partial charge in [-0.05, 0) is 47.4 Å². The minimum Gasteiger partial charge on any atom is -0.457 e. The fourth-order valence-electron chi connectivity index (χ4n) is 3.21. The molecule has 2 aromatic rings. The van der Waals surface area contributed by atoms with Gasteiger partial charge in [0.05, 0.1) is 6.42 Å². The van der Waals surface area contributed by atoms with Gasteiger partial charge in [-0.25, -0.2) is 0 Å². The average Bonchev–Trinajstić information content (AvgIpc) is 2.98. The molecular formula is C21H24O2. The van der Waals surface area contributed by atoms with Gasteiger partial charge in [-0.15, -0.1) is 0 Å². The van der Waals surface area contributed by atoms with Crippen molar-refractivity contribution in [2.24, 2.45) is 0 Å². The molecule has 0 saturated carbocycles. The van der Waals surface area contributed by atoms with E-state index < -0.39 is 0 Å². The Morgan fingerprint density at radius 2 is 1.91 bits per heavy atom. The second-order valence-corrected chi connectivity index (χ2v) is 6.44. The number of ether oxygens (including phenoxy) is 1. The van der Waals surface area contributed by atoms with Crippen molar-refractivity contribution in [3.63, 3.8) is 0 Å². The van der Waals surface area contributed by atoms with Crippen molar-refractivity contribution < 1.29 is 9.53 Å². The third kappa shape index (κ3) is 3.64. The molecule has 120 valence electrons. The second kappa shape index (κ2) is 6.99. The summed E-state index contributed by atoms with van der Waals surface area (Å²) in [5.74, 6) is 0.425. The minimum atomic E-state index is -0.136. The van der Waals surface area contributed by atoms with Crippen LogP contribution in [0.3, 0.4) is 0 Å². The molecule has 0 heterocycles. The highest BCUT2D eigenvalue weighted by Crippen LogP contribution is 2.33. The molecule has 0 saturated heterocycles. The van der Waals surface area contributed by atoms with Gasteiger partial charge >= 0.3 is 5.97 Å². The molecule has 0 aromatic heterocycles. The van der Waals surface area contributed by atoms with Crippen molar-refractivity contribution in [3.05, 3.63) is 70.8 Å². The van der Waals surface area contributed by atoms with E-state index in [4.69, 9.17) is 4.74 Å². The summed E-state index contributed by atoms with van der Waals surface area (Å²) in [4.78, 5) is 12.2. The largest absolute Gasteiger partial charge is 0.457 e.